The molecule has 0 amide bonds. The summed E-state index contributed by atoms with van der Waals surface area (Å²) in [6, 6.07) is 2.56. The van der Waals surface area contributed by atoms with Crippen molar-refractivity contribution in [2.45, 2.75) is 24.3 Å². The Morgan fingerprint density at radius 1 is 1.29 bits per heavy atom. The van der Waals surface area contributed by atoms with Crippen LogP contribution in [0.5, 0.6) is 5.75 Å². The fraction of sp³-hybridized carbons (Fsp3) is 0.400. The van der Waals surface area contributed by atoms with Crippen molar-refractivity contribution < 1.29 is 9.66 Å². The fourth-order valence-corrected chi connectivity index (χ4v) is 2.24. The molecule has 0 N–H and O–H groups in total. The molecule has 0 heterocycles. The summed E-state index contributed by atoms with van der Waals surface area (Å²) >= 11 is 17.3. The highest BCUT2D eigenvalue weighted by Crippen LogP contribution is 2.38. The van der Waals surface area contributed by atoms with E-state index in [9.17, 15) is 10.1 Å². The standard InChI is InChI=1S/C10H8Cl3NO3/c11-5-1-6(2-5)17-10-4-8(13)7(12)3-9(10)14(15)16/h3-6H,1-2H2. The molecule has 0 unspecified atom stereocenters. The van der Waals surface area contributed by atoms with Gasteiger partial charge < -0.3 is 4.74 Å². The van der Waals surface area contributed by atoms with Gasteiger partial charge in [0, 0.05) is 30.4 Å². The van der Waals surface area contributed by atoms with E-state index in [-0.39, 0.29) is 33.0 Å². The number of nitro groups is 1. The van der Waals surface area contributed by atoms with Crippen molar-refractivity contribution in [3.8, 4) is 5.75 Å². The van der Waals surface area contributed by atoms with Crippen LogP contribution in [0.3, 0.4) is 0 Å². The molecule has 0 atom stereocenters. The highest BCUT2D eigenvalue weighted by Gasteiger charge is 2.31. The second-order valence-corrected chi connectivity index (χ2v) is 5.23. The molecule has 2 rings (SSSR count). The van der Waals surface area contributed by atoms with Crippen LogP contribution >= 0.6 is 34.8 Å². The maximum absolute atomic E-state index is 10.8. The summed E-state index contributed by atoms with van der Waals surface area (Å²) in [5.74, 6) is 0.137. The zero-order valence-corrected chi connectivity index (χ0v) is 10.8. The molecule has 1 aliphatic carbocycles. The predicted molar refractivity (Wildman–Crippen MR) is 66.4 cm³/mol. The molecule has 0 aromatic heterocycles. The fourth-order valence-electron chi connectivity index (χ4n) is 1.53. The first-order valence-corrected chi connectivity index (χ1v) is 6.10. The van der Waals surface area contributed by atoms with E-state index in [0.717, 1.165) is 0 Å². The van der Waals surface area contributed by atoms with Gasteiger partial charge in [0.25, 0.3) is 0 Å². The second kappa shape index (κ2) is 4.88. The van der Waals surface area contributed by atoms with E-state index in [4.69, 9.17) is 39.5 Å². The summed E-state index contributed by atoms with van der Waals surface area (Å²) in [5, 5.41) is 11.3. The number of hydrogen-bond acceptors (Lipinski definition) is 3. The van der Waals surface area contributed by atoms with Crippen LogP contribution in [0.2, 0.25) is 10.0 Å². The van der Waals surface area contributed by atoms with Crippen LogP contribution in [0.1, 0.15) is 12.8 Å². The molecule has 4 nitrogen and oxygen atoms in total. The number of benzene rings is 1. The van der Waals surface area contributed by atoms with Crippen molar-refractivity contribution >= 4 is 40.5 Å². The molecule has 0 aliphatic heterocycles. The van der Waals surface area contributed by atoms with Gasteiger partial charge in [-0.25, -0.2) is 0 Å². The number of nitrogens with zero attached hydrogens (tertiary/aromatic N) is 1. The zero-order valence-electron chi connectivity index (χ0n) is 8.53. The maximum atomic E-state index is 10.8. The third-order valence-corrected chi connectivity index (χ3v) is 3.61. The third kappa shape index (κ3) is 2.76. The number of hydrogen-bond donors (Lipinski definition) is 0. The first kappa shape index (κ1) is 12.7. The zero-order chi connectivity index (χ0) is 12.6. The van der Waals surface area contributed by atoms with E-state index < -0.39 is 4.92 Å². The molecule has 0 saturated heterocycles. The quantitative estimate of drug-likeness (QED) is 0.480. The normalized spacial score (nSPS) is 23.0. The molecule has 1 aliphatic rings. The Morgan fingerprint density at radius 3 is 2.41 bits per heavy atom. The first-order chi connectivity index (χ1) is 7.97. The summed E-state index contributed by atoms with van der Waals surface area (Å²) < 4.78 is 5.48. The van der Waals surface area contributed by atoms with E-state index in [1.165, 1.54) is 12.1 Å². The number of halogens is 3. The minimum atomic E-state index is -0.547. The predicted octanol–water partition coefficient (Wildman–Crippen LogP) is 4.05. The molecule has 92 valence electrons. The average molecular weight is 297 g/mol. The molecule has 1 aromatic rings. The summed E-state index contributed by atoms with van der Waals surface area (Å²) in [6.45, 7) is 0. The lowest BCUT2D eigenvalue weighted by atomic mass is 9.95. The van der Waals surface area contributed by atoms with Gasteiger partial charge in [0.15, 0.2) is 5.75 Å². The molecule has 0 spiro atoms. The van der Waals surface area contributed by atoms with Crippen molar-refractivity contribution in [1.29, 1.82) is 0 Å². The van der Waals surface area contributed by atoms with E-state index in [1.807, 2.05) is 0 Å². The van der Waals surface area contributed by atoms with Crippen molar-refractivity contribution in [3.05, 3.63) is 32.3 Å². The van der Waals surface area contributed by atoms with Gasteiger partial charge in [0.2, 0.25) is 0 Å². The Kier molecular flexibility index (Phi) is 3.66. The van der Waals surface area contributed by atoms with Crippen molar-refractivity contribution in [3.63, 3.8) is 0 Å². The Bertz CT molecular complexity index is 460. The Hall–Kier alpha value is -0.710. The minimum absolute atomic E-state index is 0.0850. The van der Waals surface area contributed by atoms with Gasteiger partial charge in [-0.3, -0.25) is 10.1 Å². The van der Waals surface area contributed by atoms with Crippen molar-refractivity contribution in [2.24, 2.45) is 0 Å². The highest BCUT2D eigenvalue weighted by molar-refractivity contribution is 6.42. The van der Waals surface area contributed by atoms with E-state index >= 15 is 0 Å². The van der Waals surface area contributed by atoms with Crippen molar-refractivity contribution in [1.82, 2.24) is 0 Å². The van der Waals surface area contributed by atoms with Gasteiger partial charge in [0.1, 0.15) is 6.10 Å². The number of nitro benzene ring substituents is 1. The monoisotopic (exact) mass is 295 g/mol. The van der Waals surface area contributed by atoms with E-state index in [2.05, 4.69) is 0 Å². The number of rotatable bonds is 3. The van der Waals surface area contributed by atoms with Gasteiger partial charge in [-0.2, -0.15) is 0 Å². The molecule has 1 aromatic carbocycles. The summed E-state index contributed by atoms with van der Waals surface area (Å²) in [7, 11) is 0. The lowest BCUT2D eigenvalue weighted by molar-refractivity contribution is -0.386. The molecule has 0 radical (unpaired) electrons. The van der Waals surface area contributed by atoms with Gasteiger partial charge in [-0.05, 0) is 0 Å². The lowest BCUT2D eigenvalue weighted by Crippen LogP contribution is -2.34. The van der Waals surface area contributed by atoms with Crippen LogP contribution in [0, 0.1) is 10.1 Å². The number of ether oxygens (including phenoxy) is 1. The third-order valence-electron chi connectivity index (χ3n) is 2.53. The van der Waals surface area contributed by atoms with Gasteiger partial charge in [0.05, 0.1) is 15.0 Å². The van der Waals surface area contributed by atoms with Crippen LogP contribution in [0.4, 0.5) is 5.69 Å². The van der Waals surface area contributed by atoms with Crippen LogP contribution in [-0.4, -0.2) is 16.4 Å². The smallest absolute Gasteiger partial charge is 0.312 e. The molecular formula is C10H8Cl3NO3. The minimum Gasteiger partial charge on any atom is -0.483 e. The van der Waals surface area contributed by atoms with E-state index in [0.29, 0.717) is 12.8 Å². The summed E-state index contributed by atoms with van der Waals surface area (Å²) in [4.78, 5) is 10.3. The highest BCUT2D eigenvalue weighted by atomic mass is 35.5. The Balaban J connectivity index is 2.25. The number of alkyl halides is 1. The topological polar surface area (TPSA) is 52.4 Å². The summed E-state index contributed by atoms with van der Waals surface area (Å²) in [5.41, 5.74) is -0.183. The van der Waals surface area contributed by atoms with Crippen LogP contribution in [0.25, 0.3) is 0 Å². The van der Waals surface area contributed by atoms with Crippen LogP contribution < -0.4 is 4.74 Å². The molecule has 1 fully saturated rings. The van der Waals surface area contributed by atoms with Gasteiger partial charge >= 0.3 is 5.69 Å². The van der Waals surface area contributed by atoms with Gasteiger partial charge in [-0.1, -0.05) is 23.2 Å². The van der Waals surface area contributed by atoms with Crippen molar-refractivity contribution in [2.75, 3.05) is 0 Å². The Labute approximate surface area is 113 Å². The maximum Gasteiger partial charge on any atom is 0.312 e. The van der Waals surface area contributed by atoms with E-state index in [1.54, 1.807) is 0 Å². The molecule has 1 saturated carbocycles. The molecule has 7 heteroatoms. The van der Waals surface area contributed by atoms with Crippen LogP contribution in [0.15, 0.2) is 12.1 Å². The Morgan fingerprint density at radius 2 is 1.88 bits per heavy atom. The van der Waals surface area contributed by atoms with Crippen LogP contribution in [-0.2, 0) is 0 Å². The average Bonchev–Trinajstić information content (AvgIpc) is 2.20. The largest absolute Gasteiger partial charge is 0.483 e. The summed E-state index contributed by atoms with van der Waals surface area (Å²) in [6.07, 6.45) is 1.27. The molecule has 17 heavy (non-hydrogen) atoms. The molecular weight excluding hydrogens is 288 g/mol. The van der Waals surface area contributed by atoms with Gasteiger partial charge in [-0.15, -0.1) is 11.6 Å². The SMILES string of the molecule is O=[N+]([O-])c1cc(Cl)c(Cl)cc1OC1CC(Cl)C1. The lowest BCUT2D eigenvalue weighted by Gasteiger charge is -2.31. The first-order valence-electron chi connectivity index (χ1n) is 4.91. The second-order valence-electron chi connectivity index (χ2n) is 3.80. The molecule has 0 bridgehead atoms.